The summed E-state index contributed by atoms with van der Waals surface area (Å²) in [7, 11) is 1.65. The zero-order chi connectivity index (χ0) is 12.8. The number of anilines is 1. The molecule has 5 nitrogen and oxygen atoms in total. The van der Waals surface area contributed by atoms with Crippen LogP contribution in [0.2, 0.25) is 0 Å². The van der Waals surface area contributed by atoms with Gasteiger partial charge in [-0.3, -0.25) is 0 Å². The molecule has 1 heterocycles. The summed E-state index contributed by atoms with van der Waals surface area (Å²) in [6.45, 7) is 6.36. The van der Waals surface area contributed by atoms with Crippen molar-refractivity contribution in [3.05, 3.63) is 16.8 Å². The van der Waals surface area contributed by atoms with Gasteiger partial charge in [0.15, 0.2) is 5.82 Å². The lowest BCUT2D eigenvalue weighted by molar-refractivity contribution is 0.184. The van der Waals surface area contributed by atoms with Crippen LogP contribution in [-0.2, 0) is 4.74 Å². The van der Waals surface area contributed by atoms with Crippen LogP contribution in [0.5, 0.6) is 0 Å². The number of nitriles is 1. The third-order valence-electron chi connectivity index (χ3n) is 2.77. The maximum atomic E-state index is 9.15. The van der Waals surface area contributed by atoms with Gasteiger partial charge in [-0.1, -0.05) is 6.92 Å². The summed E-state index contributed by atoms with van der Waals surface area (Å²) < 4.78 is 5.10. The normalized spacial score (nSPS) is 11.9. The van der Waals surface area contributed by atoms with E-state index in [0.717, 1.165) is 17.7 Å². The lowest BCUT2D eigenvalue weighted by Gasteiger charge is -2.17. The minimum atomic E-state index is 0.142. The van der Waals surface area contributed by atoms with Crippen molar-refractivity contribution in [2.75, 3.05) is 19.0 Å². The van der Waals surface area contributed by atoms with Crippen molar-refractivity contribution < 1.29 is 4.74 Å². The van der Waals surface area contributed by atoms with E-state index >= 15 is 0 Å². The number of methoxy groups -OCH3 is 1. The van der Waals surface area contributed by atoms with Crippen LogP contribution < -0.4 is 5.32 Å². The molecular formula is C12H18N4O. The van der Waals surface area contributed by atoms with Crippen LogP contribution in [0.1, 0.15) is 30.2 Å². The minimum Gasteiger partial charge on any atom is -0.383 e. The van der Waals surface area contributed by atoms with Crippen LogP contribution in [-0.4, -0.2) is 30.0 Å². The van der Waals surface area contributed by atoms with Crippen molar-refractivity contribution in [2.45, 2.75) is 33.2 Å². The molecule has 0 saturated heterocycles. The van der Waals surface area contributed by atoms with Crippen LogP contribution in [0, 0.1) is 25.2 Å². The smallest absolute Gasteiger partial charge is 0.167 e. The number of hydrogen-bond acceptors (Lipinski definition) is 5. The van der Waals surface area contributed by atoms with Gasteiger partial charge < -0.3 is 10.1 Å². The van der Waals surface area contributed by atoms with Gasteiger partial charge in [0.25, 0.3) is 0 Å². The number of hydrogen-bond donors (Lipinski definition) is 1. The first-order valence-corrected chi connectivity index (χ1v) is 5.63. The molecule has 0 bridgehead atoms. The van der Waals surface area contributed by atoms with E-state index in [-0.39, 0.29) is 6.04 Å². The summed E-state index contributed by atoms with van der Waals surface area (Å²) in [5, 5.41) is 20.4. The van der Waals surface area contributed by atoms with E-state index in [1.54, 1.807) is 7.11 Å². The van der Waals surface area contributed by atoms with Gasteiger partial charge in [0.05, 0.1) is 18.3 Å². The summed E-state index contributed by atoms with van der Waals surface area (Å²) in [6.07, 6.45) is 0.896. The lowest BCUT2D eigenvalue weighted by atomic mass is 10.1. The monoisotopic (exact) mass is 234 g/mol. The number of rotatable bonds is 5. The van der Waals surface area contributed by atoms with Crippen molar-refractivity contribution in [2.24, 2.45) is 0 Å². The average molecular weight is 234 g/mol. The molecule has 0 amide bonds. The quantitative estimate of drug-likeness (QED) is 0.841. The van der Waals surface area contributed by atoms with Gasteiger partial charge >= 0.3 is 0 Å². The largest absolute Gasteiger partial charge is 0.383 e. The Bertz CT molecular complexity index is 425. The van der Waals surface area contributed by atoms with E-state index in [2.05, 4.69) is 28.5 Å². The number of aromatic nitrogens is 2. The van der Waals surface area contributed by atoms with E-state index in [0.29, 0.717) is 18.0 Å². The molecule has 0 aliphatic carbocycles. The fourth-order valence-electron chi connectivity index (χ4n) is 1.50. The molecule has 1 aromatic heterocycles. The molecule has 0 fully saturated rings. The van der Waals surface area contributed by atoms with Gasteiger partial charge in [-0.25, -0.2) is 0 Å². The predicted octanol–water partition coefficient (Wildman–Crippen LogP) is 1.80. The molecule has 1 atom stereocenters. The molecule has 1 unspecified atom stereocenters. The van der Waals surface area contributed by atoms with E-state index in [1.165, 1.54) is 0 Å². The Labute approximate surface area is 102 Å². The van der Waals surface area contributed by atoms with Gasteiger partial charge in [-0.2, -0.15) is 10.4 Å². The minimum absolute atomic E-state index is 0.142. The molecule has 92 valence electrons. The molecule has 0 aromatic carbocycles. The van der Waals surface area contributed by atoms with Crippen molar-refractivity contribution in [1.82, 2.24) is 10.2 Å². The van der Waals surface area contributed by atoms with Crippen LogP contribution in [0.15, 0.2) is 0 Å². The summed E-state index contributed by atoms with van der Waals surface area (Å²) in [6, 6.07) is 2.31. The highest BCUT2D eigenvalue weighted by atomic mass is 16.5. The molecule has 0 spiro atoms. The van der Waals surface area contributed by atoms with Crippen molar-refractivity contribution in [1.29, 1.82) is 5.26 Å². The van der Waals surface area contributed by atoms with Gasteiger partial charge in [0, 0.05) is 7.11 Å². The molecule has 5 heteroatoms. The van der Waals surface area contributed by atoms with Gasteiger partial charge in [0.1, 0.15) is 11.6 Å². The summed E-state index contributed by atoms with van der Waals surface area (Å²) >= 11 is 0. The predicted molar refractivity (Wildman–Crippen MR) is 65.8 cm³/mol. The third-order valence-corrected chi connectivity index (χ3v) is 2.77. The summed E-state index contributed by atoms with van der Waals surface area (Å²) in [4.78, 5) is 0. The first kappa shape index (κ1) is 13.4. The zero-order valence-corrected chi connectivity index (χ0v) is 10.7. The second-order valence-electron chi connectivity index (χ2n) is 3.95. The zero-order valence-electron chi connectivity index (χ0n) is 10.7. The Morgan fingerprint density at radius 3 is 2.65 bits per heavy atom. The Morgan fingerprint density at radius 2 is 2.12 bits per heavy atom. The molecule has 0 aliphatic rings. The molecule has 0 saturated carbocycles. The van der Waals surface area contributed by atoms with Gasteiger partial charge in [-0.15, -0.1) is 5.10 Å². The highest BCUT2D eigenvalue weighted by molar-refractivity contribution is 5.56. The fourth-order valence-corrected chi connectivity index (χ4v) is 1.50. The summed E-state index contributed by atoms with van der Waals surface area (Å²) in [5.74, 6) is 0.541. The average Bonchev–Trinajstić information content (AvgIpc) is 2.33. The number of ether oxygens (including phenoxy) is 1. The van der Waals surface area contributed by atoms with Crippen LogP contribution in [0.3, 0.4) is 0 Å². The molecular weight excluding hydrogens is 216 g/mol. The van der Waals surface area contributed by atoms with Gasteiger partial charge in [-0.05, 0) is 25.8 Å². The fraction of sp³-hybridized carbons (Fsp3) is 0.583. The standard InChI is InChI=1S/C12H18N4O/c1-5-10(7-17-4)14-12-11(6-13)8(2)9(3)15-16-12/h10H,5,7H2,1-4H3,(H,14,16). The van der Waals surface area contributed by atoms with Crippen molar-refractivity contribution >= 4 is 5.82 Å². The summed E-state index contributed by atoms with van der Waals surface area (Å²) in [5.41, 5.74) is 2.22. The Kier molecular flexibility index (Phi) is 4.85. The topological polar surface area (TPSA) is 70.8 Å². The number of aryl methyl sites for hydroxylation is 1. The molecule has 1 N–H and O–H groups in total. The molecule has 0 radical (unpaired) electrons. The second kappa shape index (κ2) is 6.16. The Morgan fingerprint density at radius 1 is 1.41 bits per heavy atom. The van der Waals surface area contributed by atoms with E-state index in [9.17, 15) is 0 Å². The van der Waals surface area contributed by atoms with Crippen LogP contribution in [0.25, 0.3) is 0 Å². The highest BCUT2D eigenvalue weighted by Crippen LogP contribution is 2.18. The first-order chi connectivity index (χ1) is 8.13. The number of nitrogens with zero attached hydrogens (tertiary/aromatic N) is 3. The Balaban J connectivity index is 2.99. The second-order valence-corrected chi connectivity index (χ2v) is 3.95. The van der Waals surface area contributed by atoms with Crippen LogP contribution in [0.4, 0.5) is 5.82 Å². The van der Waals surface area contributed by atoms with Crippen LogP contribution >= 0.6 is 0 Å². The van der Waals surface area contributed by atoms with Crippen molar-refractivity contribution in [3.63, 3.8) is 0 Å². The number of nitrogens with one attached hydrogen (secondary N) is 1. The van der Waals surface area contributed by atoms with E-state index < -0.39 is 0 Å². The Hall–Kier alpha value is -1.67. The first-order valence-electron chi connectivity index (χ1n) is 5.63. The molecule has 1 aromatic rings. The molecule has 0 aliphatic heterocycles. The maximum Gasteiger partial charge on any atom is 0.167 e. The molecule has 17 heavy (non-hydrogen) atoms. The van der Waals surface area contributed by atoms with Gasteiger partial charge in [0.2, 0.25) is 0 Å². The molecule has 1 rings (SSSR count). The van der Waals surface area contributed by atoms with Crippen molar-refractivity contribution in [3.8, 4) is 6.07 Å². The SMILES string of the molecule is CCC(COC)Nc1nnc(C)c(C)c1C#N. The third kappa shape index (κ3) is 3.14. The maximum absolute atomic E-state index is 9.15. The lowest BCUT2D eigenvalue weighted by Crippen LogP contribution is -2.25. The highest BCUT2D eigenvalue weighted by Gasteiger charge is 2.14. The van der Waals surface area contributed by atoms with E-state index in [4.69, 9.17) is 10.00 Å². The van der Waals surface area contributed by atoms with E-state index in [1.807, 2.05) is 13.8 Å².